The van der Waals surface area contributed by atoms with Crippen LogP contribution in [0.3, 0.4) is 0 Å². The molecule has 1 atom stereocenters. The van der Waals surface area contributed by atoms with E-state index in [1.54, 1.807) is 11.8 Å². The van der Waals surface area contributed by atoms with E-state index in [1.165, 1.54) is 0 Å². The predicted molar refractivity (Wildman–Crippen MR) is 75.9 cm³/mol. The van der Waals surface area contributed by atoms with Gasteiger partial charge in [0, 0.05) is 19.2 Å². The van der Waals surface area contributed by atoms with Crippen LogP contribution in [0.2, 0.25) is 0 Å². The summed E-state index contributed by atoms with van der Waals surface area (Å²) in [6.07, 6.45) is 2.45. The fourth-order valence-corrected chi connectivity index (χ4v) is 5.18. The van der Waals surface area contributed by atoms with Gasteiger partial charge in [0.05, 0.1) is 11.5 Å². The first kappa shape index (κ1) is 14.8. The average molecular weight is 304 g/mol. The Morgan fingerprint density at radius 3 is 2.89 bits per heavy atom. The van der Waals surface area contributed by atoms with Crippen molar-refractivity contribution in [2.75, 3.05) is 23.8 Å². The minimum atomic E-state index is -2.76. The van der Waals surface area contributed by atoms with Crippen molar-refractivity contribution in [3.8, 4) is 0 Å². The number of nitrogens with two attached hydrogens (primary N) is 1. The molecule has 0 saturated carbocycles. The smallest absolute Gasteiger partial charge is 0.190 e. The fourth-order valence-electron chi connectivity index (χ4n) is 2.23. The quantitative estimate of drug-likeness (QED) is 0.757. The maximum Gasteiger partial charge on any atom is 0.190 e. The normalized spacial score (nSPS) is 21.9. The number of rotatable bonds is 6. The zero-order valence-corrected chi connectivity index (χ0v) is 12.7. The molecule has 0 amide bonds. The first-order valence-corrected chi connectivity index (χ1v) is 9.24. The van der Waals surface area contributed by atoms with Gasteiger partial charge >= 0.3 is 0 Å². The molecule has 6 nitrogen and oxygen atoms in total. The zero-order chi connectivity index (χ0) is 13.9. The van der Waals surface area contributed by atoms with Gasteiger partial charge in [0.15, 0.2) is 15.0 Å². The molecular formula is C11H20N4O2S2. The summed E-state index contributed by atoms with van der Waals surface area (Å²) in [6, 6.07) is 0. The van der Waals surface area contributed by atoms with E-state index in [2.05, 4.69) is 10.2 Å². The van der Waals surface area contributed by atoms with Crippen LogP contribution in [0.5, 0.6) is 0 Å². The second-order valence-corrected chi connectivity index (χ2v) is 8.19. The zero-order valence-electron chi connectivity index (χ0n) is 11.1. The molecule has 1 fully saturated rings. The summed E-state index contributed by atoms with van der Waals surface area (Å²) in [7, 11) is -0.820. The highest BCUT2D eigenvalue weighted by atomic mass is 32.2. The van der Waals surface area contributed by atoms with Gasteiger partial charge in [-0.05, 0) is 25.3 Å². The molecule has 1 aliphatic rings. The Morgan fingerprint density at radius 2 is 2.26 bits per heavy atom. The average Bonchev–Trinajstić information content (AvgIpc) is 2.86. The molecule has 19 heavy (non-hydrogen) atoms. The minimum absolute atomic E-state index is 0.314. The molecular weight excluding hydrogens is 284 g/mol. The van der Waals surface area contributed by atoms with Crippen molar-refractivity contribution in [2.45, 2.75) is 24.4 Å². The molecule has 0 aliphatic carbocycles. The van der Waals surface area contributed by atoms with E-state index >= 15 is 0 Å². The van der Waals surface area contributed by atoms with Crippen molar-refractivity contribution in [3.63, 3.8) is 0 Å². The summed E-state index contributed by atoms with van der Waals surface area (Å²) in [5.74, 6) is 2.80. The number of thioether (sulfide) groups is 1. The molecule has 8 heteroatoms. The molecule has 108 valence electrons. The van der Waals surface area contributed by atoms with Crippen molar-refractivity contribution in [1.82, 2.24) is 14.8 Å². The maximum atomic E-state index is 11.4. The third-order valence-corrected chi connectivity index (χ3v) is 6.27. The second-order valence-electron chi connectivity index (χ2n) is 4.90. The van der Waals surface area contributed by atoms with Gasteiger partial charge < -0.3 is 10.3 Å². The summed E-state index contributed by atoms with van der Waals surface area (Å²) in [6.45, 7) is 0.566. The van der Waals surface area contributed by atoms with Gasteiger partial charge in [-0.3, -0.25) is 0 Å². The van der Waals surface area contributed by atoms with Crippen molar-refractivity contribution < 1.29 is 8.42 Å². The molecule has 2 heterocycles. The van der Waals surface area contributed by atoms with Crippen molar-refractivity contribution in [3.05, 3.63) is 5.82 Å². The second kappa shape index (κ2) is 6.23. The maximum absolute atomic E-state index is 11.4. The van der Waals surface area contributed by atoms with Gasteiger partial charge in [0.25, 0.3) is 0 Å². The summed E-state index contributed by atoms with van der Waals surface area (Å²) >= 11 is 1.63. The highest BCUT2D eigenvalue weighted by Gasteiger charge is 2.27. The molecule has 0 spiro atoms. The SMILES string of the molecule is Cn1c(CCN)nnc1SCCC1CCS(=O)(=O)C1. The van der Waals surface area contributed by atoms with E-state index in [9.17, 15) is 8.42 Å². The van der Waals surface area contributed by atoms with Crippen LogP contribution in [-0.4, -0.2) is 47.0 Å². The first-order valence-electron chi connectivity index (χ1n) is 6.43. The van der Waals surface area contributed by atoms with E-state index < -0.39 is 9.84 Å². The summed E-state index contributed by atoms with van der Waals surface area (Å²) < 4.78 is 24.7. The van der Waals surface area contributed by atoms with Crippen LogP contribution < -0.4 is 5.73 Å². The summed E-state index contributed by atoms with van der Waals surface area (Å²) in [5, 5.41) is 9.10. The minimum Gasteiger partial charge on any atom is -0.330 e. The van der Waals surface area contributed by atoms with Gasteiger partial charge in [-0.15, -0.1) is 10.2 Å². The fraction of sp³-hybridized carbons (Fsp3) is 0.818. The van der Waals surface area contributed by atoms with Crippen LogP contribution in [0.4, 0.5) is 0 Å². The number of nitrogens with zero attached hydrogens (tertiary/aromatic N) is 3. The lowest BCUT2D eigenvalue weighted by Gasteiger charge is -2.06. The largest absolute Gasteiger partial charge is 0.330 e. The number of hydrogen-bond acceptors (Lipinski definition) is 6. The molecule has 0 bridgehead atoms. The Morgan fingerprint density at radius 1 is 1.47 bits per heavy atom. The Labute approximate surface area is 118 Å². The molecule has 2 N–H and O–H groups in total. The third kappa shape index (κ3) is 3.93. The Hall–Kier alpha value is -0.600. The van der Waals surface area contributed by atoms with Crippen LogP contribution >= 0.6 is 11.8 Å². The molecule has 2 rings (SSSR count). The summed E-state index contributed by atoms with van der Waals surface area (Å²) in [4.78, 5) is 0. The van der Waals surface area contributed by atoms with E-state index in [0.29, 0.717) is 24.0 Å². The van der Waals surface area contributed by atoms with Crippen LogP contribution in [0.25, 0.3) is 0 Å². The monoisotopic (exact) mass is 304 g/mol. The van der Waals surface area contributed by atoms with Crippen LogP contribution in [-0.2, 0) is 23.3 Å². The molecule has 0 radical (unpaired) electrons. The molecule has 0 aromatic carbocycles. The number of sulfone groups is 1. The van der Waals surface area contributed by atoms with E-state index in [0.717, 1.165) is 36.0 Å². The van der Waals surface area contributed by atoms with Gasteiger partial charge in [-0.25, -0.2) is 8.42 Å². The molecule has 1 saturated heterocycles. The standard InChI is InChI=1S/C11H20N4O2S2/c1-15-10(2-5-12)13-14-11(15)18-6-3-9-4-7-19(16,17)8-9/h9H,2-8,12H2,1H3. The molecule has 1 unspecified atom stereocenters. The van der Waals surface area contributed by atoms with Crippen molar-refractivity contribution in [1.29, 1.82) is 0 Å². The molecule has 1 aromatic heterocycles. The Bertz CT molecular complexity index is 527. The number of aromatic nitrogens is 3. The lowest BCUT2D eigenvalue weighted by atomic mass is 10.1. The highest BCUT2D eigenvalue weighted by Crippen LogP contribution is 2.25. The van der Waals surface area contributed by atoms with Crippen LogP contribution in [0.1, 0.15) is 18.7 Å². The van der Waals surface area contributed by atoms with E-state index in [1.807, 2.05) is 11.6 Å². The lowest BCUT2D eigenvalue weighted by molar-refractivity contribution is 0.573. The van der Waals surface area contributed by atoms with Gasteiger partial charge in [-0.2, -0.15) is 0 Å². The number of hydrogen-bond donors (Lipinski definition) is 1. The van der Waals surface area contributed by atoms with Gasteiger partial charge in [-0.1, -0.05) is 11.8 Å². The predicted octanol–water partition coefficient (Wildman–Crippen LogP) is 0.233. The highest BCUT2D eigenvalue weighted by molar-refractivity contribution is 7.99. The third-order valence-electron chi connectivity index (χ3n) is 3.38. The van der Waals surface area contributed by atoms with Gasteiger partial charge in [0.2, 0.25) is 0 Å². The van der Waals surface area contributed by atoms with Crippen LogP contribution in [0.15, 0.2) is 5.16 Å². The van der Waals surface area contributed by atoms with E-state index in [-0.39, 0.29) is 0 Å². The summed E-state index contributed by atoms with van der Waals surface area (Å²) in [5.41, 5.74) is 5.50. The van der Waals surface area contributed by atoms with Crippen molar-refractivity contribution in [2.24, 2.45) is 18.7 Å². The molecule has 1 aromatic rings. The topological polar surface area (TPSA) is 90.9 Å². The first-order chi connectivity index (χ1) is 9.02. The Balaban J connectivity index is 1.80. The Kier molecular flexibility index (Phi) is 4.86. The van der Waals surface area contributed by atoms with Gasteiger partial charge in [0.1, 0.15) is 5.82 Å². The van der Waals surface area contributed by atoms with Crippen molar-refractivity contribution >= 4 is 21.6 Å². The van der Waals surface area contributed by atoms with Crippen LogP contribution in [0, 0.1) is 5.92 Å². The van der Waals surface area contributed by atoms with E-state index in [4.69, 9.17) is 5.73 Å². The molecule has 1 aliphatic heterocycles. The lowest BCUT2D eigenvalue weighted by Crippen LogP contribution is -2.08.